The van der Waals surface area contributed by atoms with Crippen LogP contribution in [0.2, 0.25) is 0 Å². The third-order valence-electron chi connectivity index (χ3n) is 6.33. The van der Waals surface area contributed by atoms with Gasteiger partial charge in [-0.15, -0.1) is 0 Å². The summed E-state index contributed by atoms with van der Waals surface area (Å²) in [6, 6.07) is 12.5. The fraction of sp³-hybridized carbons (Fsp3) is 0.455. The van der Waals surface area contributed by atoms with Crippen molar-refractivity contribution in [2.45, 2.75) is 44.6 Å². The zero-order chi connectivity index (χ0) is 18.1. The Balaban J connectivity index is 1.40. The molecular weight excluding hydrogens is 326 g/mol. The van der Waals surface area contributed by atoms with E-state index >= 15 is 0 Å². The number of carbonyl (C=O) groups is 2. The third kappa shape index (κ3) is 3.46. The number of nitrogens with one attached hydrogen (secondary N) is 1. The van der Waals surface area contributed by atoms with Crippen LogP contribution in [0.15, 0.2) is 42.5 Å². The van der Waals surface area contributed by atoms with Gasteiger partial charge in [0.2, 0.25) is 0 Å². The molecule has 4 nitrogen and oxygen atoms in total. The molecule has 26 heavy (non-hydrogen) atoms. The first-order valence-corrected chi connectivity index (χ1v) is 9.62. The van der Waals surface area contributed by atoms with Crippen LogP contribution in [0.25, 0.3) is 10.8 Å². The predicted octanol–water partition coefficient (Wildman–Crippen LogP) is 4.24. The van der Waals surface area contributed by atoms with Crippen molar-refractivity contribution in [2.24, 2.45) is 17.8 Å². The first kappa shape index (κ1) is 17.1. The van der Waals surface area contributed by atoms with Crippen molar-refractivity contribution in [3.63, 3.8) is 0 Å². The van der Waals surface area contributed by atoms with Gasteiger partial charge in [-0.25, -0.2) is 4.79 Å². The molecule has 0 aromatic heterocycles. The van der Waals surface area contributed by atoms with E-state index in [4.69, 9.17) is 0 Å². The molecular formula is C22H25NO3. The van der Waals surface area contributed by atoms with Crippen LogP contribution in [-0.4, -0.2) is 23.0 Å². The average Bonchev–Trinajstić information content (AvgIpc) is 3.27. The number of aliphatic carboxylic acids is 1. The number of rotatable bonds is 6. The van der Waals surface area contributed by atoms with Crippen LogP contribution in [0.3, 0.4) is 0 Å². The number of carboxylic acids is 1. The zero-order valence-corrected chi connectivity index (χ0v) is 14.9. The van der Waals surface area contributed by atoms with Gasteiger partial charge in [0.25, 0.3) is 5.91 Å². The molecule has 2 aliphatic rings. The summed E-state index contributed by atoms with van der Waals surface area (Å²) in [5.41, 5.74) is 0.509. The number of amides is 1. The molecule has 4 heteroatoms. The second-order valence-electron chi connectivity index (χ2n) is 7.94. The number of benzene rings is 2. The Kier molecular flexibility index (Phi) is 4.66. The monoisotopic (exact) mass is 351 g/mol. The van der Waals surface area contributed by atoms with E-state index in [0.717, 1.165) is 29.0 Å². The fourth-order valence-corrected chi connectivity index (χ4v) is 4.94. The van der Waals surface area contributed by atoms with E-state index in [9.17, 15) is 14.7 Å². The Hall–Kier alpha value is -2.36. The van der Waals surface area contributed by atoms with Gasteiger partial charge >= 0.3 is 5.97 Å². The van der Waals surface area contributed by atoms with Gasteiger partial charge < -0.3 is 10.4 Å². The molecule has 0 aliphatic heterocycles. The van der Waals surface area contributed by atoms with Crippen LogP contribution in [0.4, 0.5) is 0 Å². The zero-order valence-electron chi connectivity index (χ0n) is 14.9. The van der Waals surface area contributed by atoms with Crippen molar-refractivity contribution in [2.75, 3.05) is 0 Å². The highest BCUT2D eigenvalue weighted by molar-refractivity contribution is 6.00. The minimum atomic E-state index is -0.942. The number of carboxylic acid groups (broad SMARTS) is 1. The van der Waals surface area contributed by atoms with Crippen LogP contribution in [0.5, 0.6) is 0 Å². The van der Waals surface area contributed by atoms with Crippen molar-refractivity contribution >= 4 is 22.6 Å². The summed E-state index contributed by atoms with van der Waals surface area (Å²) in [7, 11) is 0. The maximum Gasteiger partial charge on any atom is 0.326 e. The lowest BCUT2D eigenvalue weighted by Crippen LogP contribution is -2.41. The molecule has 4 rings (SSSR count). The average molecular weight is 351 g/mol. The van der Waals surface area contributed by atoms with Crippen molar-refractivity contribution in [3.8, 4) is 0 Å². The highest BCUT2D eigenvalue weighted by atomic mass is 16.4. The fourth-order valence-electron chi connectivity index (χ4n) is 4.94. The molecule has 0 saturated heterocycles. The maximum atomic E-state index is 12.6. The molecule has 136 valence electrons. The Morgan fingerprint density at radius 1 is 1.08 bits per heavy atom. The quantitative estimate of drug-likeness (QED) is 0.818. The van der Waals surface area contributed by atoms with Crippen LogP contribution in [-0.2, 0) is 4.79 Å². The van der Waals surface area contributed by atoms with Crippen molar-refractivity contribution in [3.05, 3.63) is 48.0 Å². The van der Waals surface area contributed by atoms with Gasteiger partial charge in [-0.3, -0.25) is 4.79 Å². The predicted molar refractivity (Wildman–Crippen MR) is 101 cm³/mol. The standard InChI is InChI=1S/C22H25NO3/c24-21(19-8-7-15-3-1-2-4-16(15)13-19)23-20(22(25)26)10-9-18-12-14-5-6-17(18)11-14/h1-4,7-8,13-14,17-18,20H,5-6,9-12H2,(H,23,24)(H,25,26). The van der Waals surface area contributed by atoms with Crippen LogP contribution < -0.4 is 5.32 Å². The number of fused-ring (bicyclic) bond motifs is 3. The number of carbonyl (C=O) groups excluding carboxylic acids is 1. The Bertz CT molecular complexity index is 831. The van der Waals surface area contributed by atoms with Gasteiger partial charge in [-0.2, -0.15) is 0 Å². The van der Waals surface area contributed by atoms with Crippen LogP contribution >= 0.6 is 0 Å². The first-order chi connectivity index (χ1) is 12.6. The van der Waals surface area contributed by atoms with E-state index in [2.05, 4.69) is 5.32 Å². The lowest BCUT2D eigenvalue weighted by atomic mass is 9.84. The Morgan fingerprint density at radius 3 is 2.58 bits per heavy atom. The summed E-state index contributed by atoms with van der Waals surface area (Å²) >= 11 is 0. The van der Waals surface area contributed by atoms with E-state index in [1.165, 1.54) is 25.7 Å². The molecule has 2 saturated carbocycles. The van der Waals surface area contributed by atoms with Crippen LogP contribution in [0.1, 0.15) is 48.9 Å². The van der Waals surface area contributed by atoms with Crippen molar-refractivity contribution in [1.82, 2.24) is 5.32 Å². The number of hydrogen-bond donors (Lipinski definition) is 2. The van der Waals surface area contributed by atoms with Gasteiger partial charge in [0, 0.05) is 5.56 Å². The largest absolute Gasteiger partial charge is 0.480 e. The van der Waals surface area contributed by atoms with Gasteiger partial charge in [-0.05, 0) is 72.8 Å². The van der Waals surface area contributed by atoms with Gasteiger partial charge in [-0.1, -0.05) is 36.8 Å². The first-order valence-electron chi connectivity index (χ1n) is 9.62. The highest BCUT2D eigenvalue weighted by Crippen LogP contribution is 2.49. The molecule has 2 aromatic carbocycles. The lowest BCUT2D eigenvalue weighted by Gasteiger charge is -2.23. The van der Waals surface area contributed by atoms with Gasteiger partial charge in [0.1, 0.15) is 6.04 Å². The summed E-state index contributed by atoms with van der Waals surface area (Å²) in [4.78, 5) is 24.2. The molecule has 2 aromatic rings. The molecule has 0 heterocycles. The van der Waals surface area contributed by atoms with Gasteiger partial charge in [0.05, 0.1) is 0 Å². The SMILES string of the molecule is O=C(NC(CCC1CC2CCC1C2)C(=O)O)c1ccc2ccccc2c1. The second-order valence-corrected chi connectivity index (χ2v) is 7.94. The van der Waals surface area contributed by atoms with E-state index in [-0.39, 0.29) is 5.91 Å². The molecule has 4 unspecified atom stereocenters. The summed E-state index contributed by atoms with van der Waals surface area (Å²) in [6.07, 6.45) is 6.64. The molecule has 4 atom stereocenters. The van der Waals surface area contributed by atoms with Crippen molar-refractivity contribution < 1.29 is 14.7 Å². The topological polar surface area (TPSA) is 66.4 Å². The minimum Gasteiger partial charge on any atom is -0.480 e. The molecule has 2 N–H and O–H groups in total. The summed E-state index contributed by atoms with van der Waals surface area (Å²) < 4.78 is 0. The Labute approximate surface area is 153 Å². The van der Waals surface area contributed by atoms with E-state index in [1.54, 1.807) is 6.07 Å². The Morgan fingerprint density at radius 2 is 1.88 bits per heavy atom. The van der Waals surface area contributed by atoms with Crippen molar-refractivity contribution in [1.29, 1.82) is 0 Å². The molecule has 1 amide bonds. The molecule has 2 bridgehead atoms. The minimum absolute atomic E-state index is 0.309. The normalized spacial score (nSPS) is 25.3. The molecule has 2 fully saturated rings. The molecule has 0 spiro atoms. The third-order valence-corrected chi connectivity index (χ3v) is 6.33. The molecule has 0 radical (unpaired) electrons. The lowest BCUT2D eigenvalue weighted by molar-refractivity contribution is -0.139. The summed E-state index contributed by atoms with van der Waals surface area (Å²) in [6.45, 7) is 0. The smallest absolute Gasteiger partial charge is 0.326 e. The van der Waals surface area contributed by atoms with Crippen LogP contribution in [0, 0.1) is 17.8 Å². The maximum absolute atomic E-state index is 12.6. The van der Waals surface area contributed by atoms with E-state index in [0.29, 0.717) is 17.9 Å². The second kappa shape index (κ2) is 7.10. The number of hydrogen-bond acceptors (Lipinski definition) is 2. The summed E-state index contributed by atoms with van der Waals surface area (Å²) in [5, 5.41) is 14.3. The summed E-state index contributed by atoms with van der Waals surface area (Å²) in [5.74, 6) is 1.04. The van der Waals surface area contributed by atoms with E-state index < -0.39 is 12.0 Å². The van der Waals surface area contributed by atoms with Gasteiger partial charge in [0.15, 0.2) is 0 Å². The van der Waals surface area contributed by atoms with E-state index in [1.807, 2.05) is 36.4 Å². The molecule has 2 aliphatic carbocycles. The highest BCUT2D eigenvalue weighted by Gasteiger charge is 2.39.